The Bertz CT molecular complexity index is 802. The van der Waals surface area contributed by atoms with Crippen molar-refractivity contribution in [3.63, 3.8) is 0 Å². The number of nitrogens with zero attached hydrogens (tertiary/aromatic N) is 4. The van der Waals surface area contributed by atoms with E-state index in [4.69, 9.17) is 4.74 Å². The monoisotopic (exact) mass is 370 g/mol. The van der Waals surface area contributed by atoms with Crippen LogP contribution < -0.4 is 9.80 Å². The molecule has 6 nitrogen and oxygen atoms in total. The minimum absolute atomic E-state index is 0.0159. The lowest BCUT2D eigenvalue weighted by molar-refractivity contribution is 0.0745. The SMILES string of the molecule is O=C(c1cccnc1N1CCOCC1)N1CCN(c2ccccc2F)CC1. The summed E-state index contributed by atoms with van der Waals surface area (Å²) < 4.78 is 19.4. The number of carbonyl (C=O) groups is 1. The van der Waals surface area contributed by atoms with Gasteiger partial charge in [0.1, 0.15) is 11.6 Å². The number of hydrogen-bond donors (Lipinski definition) is 0. The Morgan fingerprint density at radius 1 is 0.926 bits per heavy atom. The van der Waals surface area contributed by atoms with E-state index in [0.717, 1.165) is 18.9 Å². The highest BCUT2D eigenvalue weighted by atomic mass is 19.1. The maximum Gasteiger partial charge on any atom is 0.257 e. The van der Waals surface area contributed by atoms with Crippen LogP contribution in [0, 0.1) is 5.82 Å². The first-order chi connectivity index (χ1) is 13.2. The number of benzene rings is 1. The van der Waals surface area contributed by atoms with E-state index >= 15 is 0 Å². The van der Waals surface area contributed by atoms with Crippen molar-refractivity contribution >= 4 is 17.4 Å². The summed E-state index contributed by atoms with van der Waals surface area (Å²) in [4.78, 5) is 23.5. The fourth-order valence-electron chi connectivity index (χ4n) is 3.62. The van der Waals surface area contributed by atoms with Crippen molar-refractivity contribution in [2.24, 2.45) is 0 Å². The van der Waals surface area contributed by atoms with Gasteiger partial charge in [0, 0.05) is 45.5 Å². The molecule has 0 atom stereocenters. The zero-order chi connectivity index (χ0) is 18.6. The molecule has 1 aromatic heterocycles. The van der Waals surface area contributed by atoms with E-state index in [2.05, 4.69) is 9.88 Å². The Morgan fingerprint density at radius 3 is 2.41 bits per heavy atom. The van der Waals surface area contributed by atoms with Gasteiger partial charge in [0.05, 0.1) is 24.5 Å². The zero-order valence-electron chi connectivity index (χ0n) is 15.2. The number of halogens is 1. The molecular formula is C20H23FN4O2. The summed E-state index contributed by atoms with van der Waals surface area (Å²) in [5.41, 5.74) is 1.22. The molecule has 0 N–H and O–H groups in total. The summed E-state index contributed by atoms with van der Waals surface area (Å²) in [5.74, 6) is 0.485. The van der Waals surface area contributed by atoms with Crippen molar-refractivity contribution in [3.05, 3.63) is 54.0 Å². The molecule has 0 aliphatic carbocycles. The topological polar surface area (TPSA) is 48.9 Å². The predicted molar refractivity (Wildman–Crippen MR) is 102 cm³/mol. The highest BCUT2D eigenvalue weighted by Gasteiger charge is 2.27. The van der Waals surface area contributed by atoms with Crippen molar-refractivity contribution in [1.29, 1.82) is 0 Å². The molecule has 2 aromatic rings. The number of amides is 1. The number of carbonyl (C=O) groups excluding carboxylic acids is 1. The van der Waals surface area contributed by atoms with Gasteiger partial charge < -0.3 is 19.4 Å². The summed E-state index contributed by atoms with van der Waals surface area (Å²) in [6.45, 7) is 5.10. The van der Waals surface area contributed by atoms with E-state index in [-0.39, 0.29) is 11.7 Å². The van der Waals surface area contributed by atoms with Crippen molar-refractivity contribution in [3.8, 4) is 0 Å². The second-order valence-corrected chi connectivity index (χ2v) is 6.70. The minimum atomic E-state index is -0.223. The molecule has 7 heteroatoms. The molecule has 0 bridgehead atoms. The van der Waals surface area contributed by atoms with Gasteiger partial charge in [-0.3, -0.25) is 4.79 Å². The Morgan fingerprint density at radius 2 is 1.67 bits per heavy atom. The predicted octanol–water partition coefficient (Wildman–Crippen LogP) is 2.02. The van der Waals surface area contributed by atoms with Crippen LogP contribution in [0.3, 0.4) is 0 Å². The molecule has 4 rings (SSSR count). The van der Waals surface area contributed by atoms with E-state index in [1.54, 1.807) is 24.4 Å². The van der Waals surface area contributed by atoms with Gasteiger partial charge in [-0.2, -0.15) is 0 Å². The lowest BCUT2D eigenvalue weighted by Gasteiger charge is -2.37. The van der Waals surface area contributed by atoms with Gasteiger partial charge >= 0.3 is 0 Å². The summed E-state index contributed by atoms with van der Waals surface area (Å²) in [7, 11) is 0. The molecule has 0 radical (unpaired) electrons. The first-order valence-electron chi connectivity index (χ1n) is 9.30. The zero-order valence-corrected chi connectivity index (χ0v) is 15.2. The van der Waals surface area contributed by atoms with E-state index < -0.39 is 0 Å². The Labute approximate surface area is 158 Å². The molecule has 2 fully saturated rings. The third kappa shape index (κ3) is 3.73. The Hall–Kier alpha value is -2.67. The van der Waals surface area contributed by atoms with Gasteiger partial charge in [-0.15, -0.1) is 0 Å². The normalized spacial score (nSPS) is 17.9. The molecule has 3 heterocycles. The van der Waals surface area contributed by atoms with Crippen LogP contribution >= 0.6 is 0 Å². The Kier molecular flexibility index (Phi) is 5.20. The standard InChI is InChI=1S/C20H23FN4O2/c21-17-5-1-2-6-18(17)23-8-10-25(11-9-23)20(26)16-4-3-7-22-19(16)24-12-14-27-15-13-24/h1-7H,8-15H2. The van der Waals surface area contributed by atoms with Gasteiger partial charge in [0.25, 0.3) is 5.91 Å². The van der Waals surface area contributed by atoms with Crippen molar-refractivity contribution in [2.75, 3.05) is 62.3 Å². The molecule has 1 aromatic carbocycles. The van der Waals surface area contributed by atoms with Crippen LogP contribution in [0.15, 0.2) is 42.6 Å². The van der Waals surface area contributed by atoms with Crippen LogP contribution in [-0.4, -0.2) is 68.3 Å². The maximum atomic E-state index is 14.0. The van der Waals surface area contributed by atoms with Crippen molar-refractivity contribution in [1.82, 2.24) is 9.88 Å². The number of ether oxygens (including phenoxy) is 1. The average molecular weight is 370 g/mol. The van der Waals surface area contributed by atoms with E-state index in [1.807, 2.05) is 21.9 Å². The largest absolute Gasteiger partial charge is 0.378 e. The number of hydrogen-bond acceptors (Lipinski definition) is 5. The molecule has 2 saturated heterocycles. The fraction of sp³-hybridized carbons (Fsp3) is 0.400. The highest BCUT2D eigenvalue weighted by molar-refractivity contribution is 5.99. The fourth-order valence-corrected chi connectivity index (χ4v) is 3.62. The second-order valence-electron chi connectivity index (χ2n) is 6.70. The molecule has 1 amide bonds. The quantitative estimate of drug-likeness (QED) is 0.827. The van der Waals surface area contributed by atoms with Crippen LogP contribution in [0.25, 0.3) is 0 Å². The number of para-hydroxylation sites is 1. The first kappa shape index (κ1) is 17.7. The molecule has 0 unspecified atom stereocenters. The highest BCUT2D eigenvalue weighted by Crippen LogP contribution is 2.23. The van der Waals surface area contributed by atoms with E-state index in [9.17, 15) is 9.18 Å². The number of aromatic nitrogens is 1. The molecular weight excluding hydrogens is 347 g/mol. The first-order valence-corrected chi connectivity index (χ1v) is 9.30. The molecule has 2 aliphatic rings. The lowest BCUT2D eigenvalue weighted by atomic mass is 10.1. The summed E-state index contributed by atoms with van der Waals surface area (Å²) in [6.07, 6.45) is 1.72. The van der Waals surface area contributed by atoms with Crippen LogP contribution in [-0.2, 0) is 4.74 Å². The van der Waals surface area contributed by atoms with Gasteiger partial charge in [0.2, 0.25) is 0 Å². The number of morpholine rings is 1. The van der Waals surface area contributed by atoms with E-state index in [1.165, 1.54) is 6.07 Å². The summed E-state index contributed by atoms with van der Waals surface area (Å²) in [5, 5.41) is 0. The van der Waals surface area contributed by atoms with Gasteiger partial charge in [0.15, 0.2) is 0 Å². The lowest BCUT2D eigenvalue weighted by Crippen LogP contribution is -2.49. The van der Waals surface area contributed by atoms with Crippen LogP contribution in [0.5, 0.6) is 0 Å². The second kappa shape index (κ2) is 7.92. The van der Waals surface area contributed by atoms with Crippen LogP contribution in [0.1, 0.15) is 10.4 Å². The number of piperazine rings is 1. The Balaban J connectivity index is 1.46. The third-order valence-electron chi connectivity index (χ3n) is 5.09. The summed E-state index contributed by atoms with van der Waals surface area (Å²) in [6, 6.07) is 10.4. The van der Waals surface area contributed by atoms with Crippen molar-refractivity contribution in [2.45, 2.75) is 0 Å². The molecule has 142 valence electrons. The van der Waals surface area contributed by atoms with Gasteiger partial charge in [-0.1, -0.05) is 12.1 Å². The van der Waals surface area contributed by atoms with Crippen molar-refractivity contribution < 1.29 is 13.9 Å². The maximum absolute atomic E-state index is 14.0. The number of rotatable bonds is 3. The number of pyridine rings is 1. The van der Waals surface area contributed by atoms with E-state index in [0.29, 0.717) is 50.6 Å². The van der Waals surface area contributed by atoms with Gasteiger partial charge in [-0.25, -0.2) is 9.37 Å². The smallest absolute Gasteiger partial charge is 0.257 e. The molecule has 27 heavy (non-hydrogen) atoms. The summed E-state index contributed by atoms with van der Waals surface area (Å²) >= 11 is 0. The number of anilines is 2. The minimum Gasteiger partial charge on any atom is -0.378 e. The van der Waals surface area contributed by atoms with Crippen LogP contribution in [0.2, 0.25) is 0 Å². The van der Waals surface area contributed by atoms with Crippen LogP contribution in [0.4, 0.5) is 15.9 Å². The molecule has 0 saturated carbocycles. The van der Waals surface area contributed by atoms with Gasteiger partial charge in [-0.05, 0) is 24.3 Å². The molecule has 2 aliphatic heterocycles. The molecule has 0 spiro atoms. The average Bonchev–Trinajstić information content (AvgIpc) is 2.74. The third-order valence-corrected chi connectivity index (χ3v) is 5.09.